The molecule has 6 heteroatoms. The van der Waals surface area contributed by atoms with Crippen LogP contribution in [-0.2, 0) is 6.42 Å². The first-order valence-corrected chi connectivity index (χ1v) is 9.54. The summed E-state index contributed by atoms with van der Waals surface area (Å²) in [6, 6.07) is 9.43. The third-order valence-electron chi connectivity index (χ3n) is 4.39. The number of anilines is 1. The van der Waals surface area contributed by atoms with Crippen molar-refractivity contribution in [1.82, 2.24) is 10.6 Å². The summed E-state index contributed by atoms with van der Waals surface area (Å²) in [5.74, 6) is -0.329. The van der Waals surface area contributed by atoms with Gasteiger partial charge in [-0.25, -0.2) is 0 Å². The van der Waals surface area contributed by atoms with E-state index in [2.05, 4.69) is 22.9 Å². The molecule has 5 nitrogen and oxygen atoms in total. The Morgan fingerprint density at radius 3 is 2.68 bits per heavy atom. The highest BCUT2D eigenvalue weighted by atomic mass is 32.1. The van der Waals surface area contributed by atoms with Crippen LogP contribution >= 0.6 is 11.3 Å². The number of thiophene rings is 1. The van der Waals surface area contributed by atoms with Crippen LogP contribution in [0.15, 0.2) is 35.7 Å². The number of piperidine rings is 1. The van der Waals surface area contributed by atoms with Crippen molar-refractivity contribution in [2.45, 2.75) is 32.2 Å². The van der Waals surface area contributed by atoms with E-state index in [1.54, 1.807) is 6.07 Å². The Hall–Kier alpha value is -2.18. The Labute approximate surface area is 151 Å². The second kappa shape index (κ2) is 8.27. The van der Waals surface area contributed by atoms with Gasteiger partial charge in [0.05, 0.1) is 5.56 Å². The van der Waals surface area contributed by atoms with Crippen molar-refractivity contribution in [2.24, 2.45) is 0 Å². The van der Waals surface area contributed by atoms with Gasteiger partial charge >= 0.3 is 0 Å². The van der Waals surface area contributed by atoms with Gasteiger partial charge in [-0.2, -0.15) is 0 Å². The zero-order valence-corrected chi connectivity index (χ0v) is 15.1. The van der Waals surface area contributed by atoms with Gasteiger partial charge in [-0.3, -0.25) is 9.59 Å². The van der Waals surface area contributed by atoms with Gasteiger partial charge in [0.2, 0.25) is 0 Å². The summed E-state index contributed by atoms with van der Waals surface area (Å²) >= 11 is 1.36. The molecule has 3 rings (SSSR count). The molecule has 132 valence electrons. The summed E-state index contributed by atoms with van der Waals surface area (Å²) < 4.78 is 0. The lowest BCUT2D eigenvalue weighted by molar-refractivity contribution is 0.0932. The Balaban J connectivity index is 1.65. The number of hydrogen-bond acceptors (Lipinski definition) is 4. The summed E-state index contributed by atoms with van der Waals surface area (Å²) in [6.45, 7) is 3.87. The van der Waals surface area contributed by atoms with Crippen molar-refractivity contribution in [3.05, 3.63) is 52.4 Å². The van der Waals surface area contributed by atoms with Gasteiger partial charge in [0.25, 0.3) is 11.8 Å². The fourth-order valence-electron chi connectivity index (χ4n) is 2.89. The Morgan fingerprint density at radius 1 is 1.20 bits per heavy atom. The topological polar surface area (TPSA) is 70.2 Å². The normalized spacial score (nSPS) is 17.1. The summed E-state index contributed by atoms with van der Waals surface area (Å²) in [6.07, 6.45) is 2.98. The molecule has 1 saturated heterocycles. The Morgan fingerprint density at radius 2 is 2.00 bits per heavy atom. The number of rotatable bonds is 5. The first-order valence-electron chi connectivity index (χ1n) is 8.66. The average Bonchev–Trinajstić information content (AvgIpc) is 3.11. The molecule has 0 radical (unpaired) electrons. The Bertz CT molecular complexity index is 733. The molecule has 1 fully saturated rings. The van der Waals surface area contributed by atoms with Gasteiger partial charge < -0.3 is 16.0 Å². The molecule has 0 saturated carbocycles. The monoisotopic (exact) mass is 357 g/mol. The number of hydrogen-bond donors (Lipinski definition) is 3. The van der Waals surface area contributed by atoms with Crippen molar-refractivity contribution in [3.63, 3.8) is 0 Å². The predicted octanol–water partition coefficient (Wildman–Crippen LogP) is 3.04. The van der Waals surface area contributed by atoms with E-state index in [1.165, 1.54) is 16.9 Å². The van der Waals surface area contributed by atoms with Gasteiger partial charge in [0.15, 0.2) is 0 Å². The molecule has 1 aliphatic heterocycles. The second-order valence-electron chi connectivity index (χ2n) is 6.18. The molecule has 1 atom stereocenters. The first-order chi connectivity index (χ1) is 12.2. The smallest absolute Gasteiger partial charge is 0.256 e. The number of nitrogens with one attached hydrogen (secondary N) is 3. The fourth-order valence-corrected chi connectivity index (χ4v) is 3.67. The second-order valence-corrected chi connectivity index (χ2v) is 7.10. The molecule has 1 aromatic heterocycles. The maximum absolute atomic E-state index is 12.5. The number of carbonyl (C=O) groups is 2. The van der Waals surface area contributed by atoms with Crippen LogP contribution in [0.3, 0.4) is 0 Å². The minimum Gasteiger partial charge on any atom is -0.348 e. The van der Waals surface area contributed by atoms with E-state index in [1.807, 2.05) is 29.6 Å². The van der Waals surface area contributed by atoms with Crippen LogP contribution in [0.1, 0.15) is 46.0 Å². The highest BCUT2D eigenvalue weighted by Gasteiger charge is 2.20. The lowest BCUT2D eigenvalue weighted by Crippen LogP contribution is -2.45. The van der Waals surface area contributed by atoms with Crippen molar-refractivity contribution in [3.8, 4) is 0 Å². The average molecular weight is 357 g/mol. The maximum atomic E-state index is 12.5. The van der Waals surface area contributed by atoms with E-state index < -0.39 is 0 Å². The summed E-state index contributed by atoms with van der Waals surface area (Å²) in [5, 5.41) is 11.6. The number of benzene rings is 1. The third kappa shape index (κ3) is 4.46. The van der Waals surface area contributed by atoms with E-state index in [4.69, 9.17) is 0 Å². The first kappa shape index (κ1) is 17.6. The summed E-state index contributed by atoms with van der Waals surface area (Å²) in [5.41, 5.74) is 2.30. The zero-order valence-electron chi connectivity index (χ0n) is 14.3. The van der Waals surface area contributed by atoms with Gasteiger partial charge in [-0.15, -0.1) is 11.3 Å². The maximum Gasteiger partial charge on any atom is 0.256 e. The summed E-state index contributed by atoms with van der Waals surface area (Å²) in [4.78, 5) is 24.9. The molecule has 2 heterocycles. The largest absolute Gasteiger partial charge is 0.348 e. The van der Waals surface area contributed by atoms with Crippen molar-refractivity contribution in [1.29, 1.82) is 0 Å². The van der Waals surface area contributed by atoms with Gasteiger partial charge in [-0.05, 0) is 54.9 Å². The van der Waals surface area contributed by atoms with E-state index in [-0.39, 0.29) is 17.9 Å². The minimum absolute atomic E-state index is 0.133. The quantitative estimate of drug-likeness (QED) is 0.770. The standard InChI is InChI=1S/C19H23N3O2S/c1-2-13-5-7-14(8-6-13)17(23)22-19-16(9-11-25-19)18(24)21-15-4-3-10-20-12-15/h5-9,11,15,20H,2-4,10,12H2,1H3,(H,21,24)(H,22,23). The van der Waals surface area contributed by atoms with Crippen LogP contribution in [0, 0.1) is 0 Å². The molecule has 1 aromatic carbocycles. The molecule has 0 bridgehead atoms. The van der Waals surface area contributed by atoms with Crippen molar-refractivity contribution < 1.29 is 9.59 Å². The fraction of sp³-hybridized carbons (Fsp3) is 0.368. The van der Waals surface area contributed by atoms with Crippen molar-refractivity contribution >= 4 is 28.2 Å². The van der Waals surface area contributed by atoms with Gasteiger partial charge in [0, 0.05) is 18.2 Å². The third-order valence-corrected chi connectivity index (χ3v) is 5.22. The van der Waals surface area contributed by atoms with Crippen LogP contribution in [-0.4, -0.2) is 30.9 Å². The highest BCUT2D eigenvalue weighted by molar-refractivity contribution is 7.14. The molecular formula is C19H23N3O2S. The molecule has 0 aliphatic carbocycles. The van der Waals surface area contributed by atoms with Crippen LogP contribution in [0.25, 0.3) is 0 Å². The molecule has 25 heavy (non-hydrogen) atoms. The van der Waals surface area contributed by atoms with Gasteiger partial charge in [0.1, 0.15) is 5.00 Å². The molecule has 0 spiro atoms. The molecule has 2 amide bonds. The molecular weight excluding hydrogens is 334 g/mol. The SMILES string of the molecule is CCc1ccc(C(=O)Nc2sccc2C(=O)NC2CCCNC2)cc1. The molecule has 2 aromatic rings. The Kier molecular flexibility index (Phi) is 5.83. The molecule has 1 aliphatic rings. The van der Waals surface area contributed by atoms with Crippen LogP contribution in [0.5, 0.6) is 0 Å². The molecule has 3 N–H and O–H groups in total. The predicted molar refractivity (Wildman–Crippen MR) is 101 cm³/mol. The lowest BCUT2D eigenvalue weighted by atomic mass is 10.1. The van der Waals surface area contributed by atoms with Crippen LogP contribution in [0.2, 0.25) is 0 Å². The van der Waals surface area contributed by atoms with Gasteiger partial charge in [-0.1, -0.05) is 19.1 Å². The van der Waals surface area contributed by atoms with E-state index in [0.717, 1.165) is 32.4 Å². The summed E-state index contributed by atoms with van der Waals surface area (Å²) in [7, 11) is 0. The highest BCUT2D eigenvalue weighted by Crippen LogP contribution is 2.24. The number of carbonyl (C=O) groups excluding carboxylic acids is 2. The molecule has 1 unspecified atom stereocenters. The lowest BCUT2D eigenvalue weighted by Gasteiger charge is -2.23. The van der Waals surface area contributed by atoms with Crippen LogP contribution in [0.4, 0.5) is 5.00 Å². The van der Waals surface area contributed by atoms with E-state index in [0.29, 0.717) is 16.1 Å². The van der Waals surface area contributed by atoms with Crippen LogP contribution < -0.4 is 16.0 Å². The van der Waals surface area contributed by atoms with E-state index >= 15 is 0 Å². The zero-order chi connectivity index (χ0) is 17.6. The minimum atomic E-state index is -0.196. The number of aryl methyl sites for hydroxylation is 1. The van der Waals surface area contributed by atoms with Crippen molar-refractivity contribution in [2.75, 3.05) is 18.4 Å². The number of amides is 2. The van der Waals surface area contributed by atoms with E-state index in [9.17, 15) is 9.59 Å².